The van der Waals surface area contributed by atoms with Gasteiger partial charge in [-0.05, 0) is 24.5 Å². The highest BCUT2D eigenvalue weighted by Crippen LogP contribution is 2.39. The fraction of sp³-hybridized carbons (Fsp3) is 0.500. The molecule has 0 aliphatic carbocycles. The smallest absolute Gasteiger partial charge is 0.252 e. The van der Waals surface area contributed by atoms with Gasteiger partial charge >= 0.3 is 0 Å². The van der Waals surface area contributed by atoms with Crippen molar-refractivity contribution in [3.8, 4) is 0 Å². The number of nitrogens with one attached hydrogen (secondary N) is 1. The van der Waals surface area contributed by atoms with Crippen LogP contribution in [0, 0.1) is 5.92 Å². The zero-order valence-corrected chi connectivity index (χ0v) is 13.2. The average molecular weight is 309 g/mol. The largest absolute Gasteiger partial charge is 0.342 e. The number of carbonyl (C=O) groups is 2. The van der Waals surface area contributed by atoms with Crippen LogP contribution in [0.25, 0.3) is 0 Å². The summed E-state index contributed by atoms with van der Waals surface area (Å²) in [7, 11) is 0. The molecule has 2 aliphatic heterocycles. The van der Waals surface area contributed by atoms with Gasteiger partial charge in [-0.1, -0.05) is 32.0 Å². The quantitative estimate of drug-likeness (QED) is 0.865. The van der Waals surface area contributed by atoms with E-state index in [0.29, 0.717) is 13.1 Å². The Bertz CT molecular complexity index is 563. The first-order chi connectivity index (χ1) is 9.53. The number of likely N-dealkylation sites (tertiary alicyclic amines) is 1. The van der Waals surface area contributed by atoms with Crippen LogP contribution in [0.1, 0.15) is 42.6 Å². The lowest BCUT2D eigenvalue weighted by atomic mass is 9.81. The van der Waals surface area contributed by atoms with E-state index in [1.807, 2.05) is 43.0 Å². The Balaban J connectivity index is 0.00000161. The third-order valence-corrected chi connectivity index (χ3v) is 4.46. The molecule has 2 amide bonds. The summed E-state index contributed by atoms with van der Waals surface area (Å²) in [5.74, 6) is 0.260. The minimum atomic E-state index is -0.262. The van der Waals surface area contributed by atoms with Crippen molar-refractivity contribution in [1.82, 2.24) is 10.2 Å². The van der Waals surface area contributed by atoms with Crippen LogP contribution in [0.2, 0.25) is 0 Å². The van der Waals surface area contributed by atoms with Gasteiger partial charge in [0.1, 0.15) is 0 Å². The Morgan fingerprint density at radius 2 is 1.86 bits per heavy atom. The maximum Gasteiger partial charge on any atom is 0.252 e. The van der Waals surface area contributed by atoms with Gasteiger partial charge in [0.2, 0.25) is 5.91 Å². The summed E-state index contributed by atoms with van der Waals surface area (Å²) in [4.78, 5) is 26.0. The first-order valence-electron chi connectivity index (χ1n) is 7.24. The van der Waals surface area contributed by atoms with E-state index in [2.05, 4.69) is 5.32 Å². The first-order valence-corrected chi connectivity index (χ1v) is 7.24. The number of amides is 2. The third kappa shape index (κ3) is 2.53. The van der Waals surface area contributed by atoms with E-state index in [9.17, 15) is 9.59 Å². The number of halogens is 1. The van der Waals surface area contributed by atoms with Gasteiger partial charge in [0, 0.05) is 24.6 Å². The monoisotopic (exact) mass is 308 g/mol. The highest BCUT2D eigenvalue weighted by Gasteiger charge is 2.45. The van der Waals surface area contributed by atoms with Crippen LogP contribution in [0.4, 0.5) is 0 Å². The molecule has 1 aromatic rings. The normalized spacial score (nSPS) is 19.2. The molecular formula is C16H21ClN2O2. The zero-order chi connectivity index (χ0) is 14.3. The van der Waals surface area contributed by atoms with E-state index in [4.69, 9.17) is 0 Å². The van der Waals surface area contributed by atoms with Gasteiger partial charge in [-0.25, -0.2) is 0 Å². The summed E-state index contributed by atoms with van der Waals surface area (Å²) in [6.07, 6.45) is 1.60. The molecule has 3 rings (SSSR count). The lowest BCUT2D eigenvalue weighted by Crippen LogP contribution is -2.51. The molecule has 4 nitrogen and oxygen atoms in total. The number of fused-ring (bicyclic) bond motifs is 2. The number of carbonyl (C=O) groups excluding carboxylic acids is 2. The molecule has 0 saturated carbocycles. The van der Waals surface area contributed by atoms with E-state index in [1.54, 1.807) is 0 Å². The summed E-state index contributed by atoms with van der Waals surface area (Å²) in [6, 6.07) is 7.79. The maximum absolute atomic E-state index is 12.1. The van der Waals surface area contributed by atoms with Crippen LogP contribution in [0.3, 0.4) is 0 Å². The van der Waals surface area contributed by atoms with Crippen molar-refractivity contribution in [2.75, 3.05) is 13.1 Å². The number of piperidine rings is 1. The number of nitrogens with zero attached hydrogens (tertiary/aromatic N) is 1. The maximum atomic E-state index is 12.1. The lowest BCUT2D eigenvalue weighted by molar-refractivity contribution is -0.136. The number of hydrogen-bond acceptors (Lipinski definition) is 2. The number of benzene rings is 1. The van der Waals surface area contributed by atoms with Crippen LogP contribution in [0.5, 0.6) is 0 Å². The zero-order valence-electron chi connectivity index (χ0n) is 12.4. The molecule has 1 spiro atoms. The Morgan fingerprint density at radius 1 is 1.24 bits per heavy atom. The van der Waals surface area contributed by atoms with Crippen molar-refractivity contribution < 1.29 is 9.59 Å². The fourth-order valence-electron chi connectivity index (χ4n) is 3.32. The molecular weight excluding hydrogens is 288 g/mol. The molecule has 1 aromatic carbocycles. The standard InChI is InChI=1S/C16H20N2O2.ClH/c1-11(2)15(20)18-9-7-16(8-10-18)13-6-4-3-5-12(13)14(19)17-16;/h3-6,11H,7-10H2,1-2H3,(H,17,19);1H. The molecule has 2 aliphatic rings. The van der Waals surface area contributed by atoms with E-state index < -0.39 is 0 Å². The summed E-state index contributed by atoms with van der Waals surface area (Å²) in [5, 5.41) is 3.15. The van der Waals surface area contributed by atoms with Crippen LogP contribution in [0.15, 0.2) is 24.3 Å². The van der Waals surface area contributed by atoms with Crippen LogP contribution >= 0.6 is 12.4 Å². The van der Waals surface area contributed by atoms with Gasteiger partial charge in [-0.15, -0.1) is 12.4 Å². The van der Waals surface area contributed by atoms with Crippen molar-refractivity contribution in [3.05, 3.63) is 35.4 Å². The Kier molecular flexibility index (Phi) is 4.28. The fourth-order valence-corrected chi connectivity index (χ4v) is 3.32. The minimum absolute atomic E-state index is 0. The molecule has 1 N–H and O–H groups in total. The average Bonchev–Trinajstić information content (AvgIpc) is 2.72. The third-order valence-electron chi connectivity index (χ3n) is 4.46. The van der Waals surface area contributed by atoms with Gasteiger partial charge in [0.25, 0.3) is 5.91 Å². The molecule has 0 atom stereocenters. The summed E-state index contributed by atoms with van der Waals surface area (Å²) >= 11 is 0. The minimum Gasteiger partial charge on any atom is -0.342 e. The molecule has 1 fully saturated rings. The predicted molar refractivity (Wildman–Crippen MR) is 83.5 cm³/mol. The SMILES string of the molecule is CC(C)C(=O)N1CCC2(CC1)NC(=O)c1ccccc12.Cl. The lowest BCUT2D eigenvalue weighted by Gasteiger charge is -2.40. The second kappa shape index (κ2) is 5.68. The Morgan fingerprint density at radius 3 is 2.48 bits per heavy atom. The van der Waals surface area contributed by atoms with Crippen molar-refractivity contribution >= 4 is 24.2 Å². The van der Waals surface area contributed by atoms with E-state index in [-0.39, 0.29) is 35.7 Å². The molecule has 1 saturated heterocycles. The van der Waals surface area contributed by atoms with E-state index in [1.165, 1.54) is 0 Å². The predicted octanol–water partition coefficient (Wildman–Crippen LogP) is 2.33. The van der Waals surface area contributed by atoms with Crippen molar-refractivity contribution in [2.24, 2.45) is 5.92 Å². The molecule has 5 heteroatoms. The summed E-state index contributed by atoms with van der Waals surface area (Å²) in [5.41, 5.74) is 1.62. The summed E-state index contributed by atoms with van der Waals surface area (Å²) < 4.78 is 0. The van der Waals surface area contributed by atoms with Crippen LogP contribution in [-0.2, 0) is 10.3 Å². The molecule has 0 aromatic heterocycles. The molecule has 0 radical (unpaired) electrons. The van der Waals surface area contributed by atoms with E-state index >= 15 is 0 Å². The molecule has 21 heavy (non-hydrogen) atoms. The van der Waals surface area contributed by atoms with Gasteiger partial charge < -0.3 is 10.2 Å². The Labute approximate surface area is 131 Å². The Hall–Kier alpha value is -1.55. The van der Waals surface area contributed by atoms with Gasteiger partial charge in [-0.2, -0.15) is 0 Å². The van der Waals surface area contributed by atoms with Gasteiger partial charge in [-0.3, -0.25) is 9.59 Å². The van der Waals surface area contributed by atoms with Crippen molar-refractivity contribution in [3.63, 3.8) is 0 Å². The second-order valence-electron chi connectivity index (χ2n) is 6.06. The summed E-state index contributed by atoms with van der Waals surface area (Å²) in [6.45, 7) is 5.29. The first kappa shape index (κ1) is 15.8. The van der Waals surface area contributed by atoms with Gasteiger partial charge in [0.15, 0.2) is 0 Å². The van der Waals surface area contributed by atoms with Gasteiger partial charge in [0.05, 0.1) is 5.54 Å². The van der Waals surface area contributed by atoms with E-state index in [0.717, 1.165) is 24.0 Å². The second-order valence-corrected chi connectivity index (χ2v) is 6.06. The van der Waals surface area contributed by atoms with Crippen LogP contribution < -0.4 is 5.32 Å². The topological polar surface area (TPSA) is 49.4 Å². The molecule has 0 unspecified atom stereocenters. The van der Waals surface area contributed by atoms with Crippen molar-refractivity contribution in [1.29, 1.82) is 0 Å². The number of hydrogen-bond donors (Lipinski definition) is 1. The van der Waals surface area contributed by atoms with Crippen molar-refractivity contribution in [2.45, 2.75) is 32.2 Å². The van der Waals surface area contributed by atoms with Crippen LogP contribution in [-0.4, -0.2) is 29.8 Å². The number of rotatable bonds is 1. The molecule has 114 valence electrons. The molecule has 2 heterocycles. The molecule has 0 bridgehead atoms. The highest BCUT2D eigenvalue weighted by molar-refractivity contribution is 6.00. The highest BCUT2D eigenvalue weighted by atomic mass is 35.5.